The average molecular weight is 285 g/mol. The summed E-state index contributed by atoms with van der Waals surface area (Å²) >= 11 is 3.36. The Morgan fingerprint density at radius 3 is 2.38 bits per heavy atom. The lowest BCUT2D eigenvalue weighted by Gasteiger charge is -2.20. The van der Waals surface area contributed by atoms with Crippen LogP contribution in [0.1, 0.15) is 27.2 Å². The van der Waals surface area contributed by atoms with Crippen molar-refractivity contribution in [3.05, 3.63) is 28.7 Å². The first kappa shape index (κ1) is 13.2. The van der Waals surface area contributed by atoms with Crippen molar-refractivity contribution in [1.82, 2.24) is 0 Å². The highest BCUT2D eigenvalue weighted by molar-refractivity contribution is 9.10. The minimum Gasteiger partial charge on any atom is -0.494 e. The van der Waals surface area contributed by atoms with Crippen LogP contribution in [0.5, 0.6) is 5.75 Å². The fourth-order valence-electron chi connectivity index (χ4n) is 1.13. The summed E-state index contributed by atoms with van der Waals surface area (Å²) in [6.45, 7) is 6.08. The van der Waals surface area contributed by atoms with E-state index in [0.717, 1.165) is 16.6 Å². The van der Waals surface area contributed by atoms with Crippen LogP contribution in [-0.2, 0) is 4.79 Å². The fraction of sp³-hybridized carbons (Fsp3) is 0.462. The average Bonchev–Trinajstić information content (AvgIpc) is 2.20. The maximum atomic E-state index is 11.3. The summed E-state index contributed by atoms with van der Waals surface area (Å²) in [6.07, 6.45) is 0.735. The zero-order valence-electron chi connectivity index (χ0n) is 9.92. The normalized spacial score (nSPS) is 11.2. The van der Waals surface area contributed by atoms with Gasteiger partial charge in [0.25, 0.3) is 0 Å². The van der Waals surface area contributed by atoms with E-state index >= 15 is 0 Å². The zero-order valence-corrected chi connectivity index (χ0v) is 11.5. The van der Waals surface area contributed by atoms with Crippen LogP contribution < -0.4 is 4.74 Å². The van der Waals surface area contributed by atoms with E-state index in [1.165, 1.54) is 0 Å². The summed E-state index contributed by atoms with van der Waals surface area (Å²) in [5.41, 5.74) is -0.296. The van der Waals surface area contributed by atoms with Crippen LogP contribution in [0, 0.1) is 5.41 Å². The molecule has 0 saturated heterocycles. The summed E-state index contributed by atoms with van der Waals surface area (Å²) < 4.78 is 6.61. The lowest BCUT2D eigenvalue weighted by atomic mass is 9.86. The molecule has 0 amide bonds. The second-order valence-electron chi connectivity index (χ2n) is 4.49. The molecule has 0 spiro atoms. The van der Waals surface area contributed by atoms with Crippen molar-refractivity contribution in [2.24, 2.45) is 5.41 Å². The molecule has 1 aromatic carbocycles. The summed E-state index contributed by atoms with van der Waals surface area (Å²) in [5.74, 6) is 1.04. The van der Waals surface area contributed by atoms with Gasteiger partial charge in [0.05, 0.1) is 6.61 Å². The molecule has 2 nitrogen and oxygen atoms in total. The lowest BCUT2D eigenvalue weighted by molar-refractivity contribution is -0.125. The SMILES string of the molecule is CC(=O)C(C)(C)CCOc1ccc(Br)cc1. The first-order valence-electron chi connectivity index (χ1n) is 5.31. The van der Waals surface area contributed by atoms with E-state index in [1.54, 1.807) is 6.92 Å². The molecule has 0 fully saturated rings. The highest BCUT2D eigenvalue weighted by Crippen LogP contribution is 2.22. The van der Waals surface area contributed by atoms with Gasteiger partial charge in [-0.3, -0.25) is 4.79 Å². The predicted octanol–water partition coefficient (Wildman–Crippen LogP) is 3.83. The maximum Gasteiger partial charge on any atom is 0.135 e. The van der Waals surface area contributed by atoms with E-state index in [2.05, 4.69) is 15.9 Å². The Bertz CT molecular complexity index is 355. The molecule has 1 aromatic rings. The Kier molecular flexibility index (Phi) is 4.54. The Hall–Kier alpha value is -0.830. The number of carbonyl (C=O) groups is 1. The lowest BCUT2D eigenvalue weighted by Crippen LogP contribution is -2.23. The van der Waals surface area contributed by atoms with Crippen molar-refractivity contribution < 1.29 is 9.53 Å². The van der Waals surface area contributed by atoms with Crippen LogP contribution in [0.2, 0.25) is 0 Å². The minimum atomic E-state index is -0.296. The highest BCUT2D eigenvalue weighted by Gasteiger charge is 2.23. The fourth-order valence-corrected chi connectivity index (χ4v) is 1.40. The number of benzene rings is 1. The van der Waals surface area contributed by atoms with Crippen LogP contribution >= 0.6 is 15.9 Å². The van der Waals surface area contributed by atoms with Gasteiger partial charge < -0.3 is 4.74 Å². The molecule has 3 heteroatoms. The van der Waals surface area contributed by atoms with Crippen molar-refractivity contribution in [3.8, 4) is 5.75 Å². The molecule has 0 radical (unpaired) electrons. The second-order valence-corrected chi connectivity index (χ2v) is 5.41. The molecule has 0 N–H and O–H groups in total. The topological polar surface area (TPSA) is 26.3 Å². The van der Waals surface area contributed by atoms with Gasteiger partial charge in [-0.1, -0.05) is 29.8 Å². The van der Waals surface area contributed by atoms with Crippen molar-refractivity contribution in [1.29, 1.82) is 0 Å². The standard InChI is InChI=1S/C13H17BrO2/c1-10(15)13(2,3)8-9-16-12-6-4-11(14)5-7-12/h4-7H,8-9H2,1-3H3. The van der Waals surface area contributed by atoms with Crippen LogP contribution in [0.15, 0.2) is 28.7 Å². The molecule has 0 aliphatic rings. The van der Waals surface area contributed by atoms with E-state index in [1.807, 2.05) is 38.1 Å². The number of ether oxygens (including phenoxy) is 1. The number of ketones is 1. The third-order valence-corrected chi connectivity index (χ3v) is 3.29. The third-order valence-electron chi connectivity index (χ3n) is 2.76. The summed E-state index contributed by atoms with van der Waals surface area (Å²) in [7, 11) is 0. The van der Waals surface area contributed by atoms with Gasteiger partial charge in [0.1, 0.15) is 11.5 Å². The first-order chi connectivity index (χ1) is 7.42. The van der Waals surface area contributed by atoms with Gasteiger partial charge in [-0.05, 0) is 37.6 Å². The number of hydrogen-bond donors (Lipinski definition) is 0. The molecule has 0 unspecified atom stereocenters. The molecule has 0 aliphatic heterocycles. The van der Waals surface area contributed by atoms with Crippen molar-refractivity contribution in [3.63, 3.8) is 0 Å². The molecule has 0 bridgehead atoms. The Labute approximate surface area is 105 Å². The highest BCUT2D eigenvalue weighted by atomic mass is 79.9. The number of carbonyl (C=O) groups excluding carboxylic acids is 1. The molecule has 0 aromatic heterocycles. The van der Waals surface area contributed by atoms with Gasteiger partial charge in [-0.25, -0.2) is 0 Å². The quantitative estimate of drug-likeness (QED) is 0.821. The van der Waals surface area contributed by atoms with E-state index in [0.29, 0.717) is 6.61 Å². The van der Waals surface area contributed by atoms with Crippen molar-refractivity contribution in [2.45, 2.75) is 27.2 Å². The van der Waals surface area contributed by atoms with E-state index < -0.39 is 0 Å². The molecule has 0 aliphatic carbocycles. The largest absolute Gasteiger partial charge is 0.494 e. The molecule has 0 atom stereocenters. The Morgan fingerprint density at radius 2 is 1.88 bits per heavy atom. The Morgan fingerprint density at radius 1 is 1.31 bits per heavy atom. The number of Topliss-reactive ketones (excluding diaryl/α,β-unsaturated/α-hetero) is 1. The summed E-state index contributed by atoms with van der Waals surface area (Å²) in [4.78, 5) is 11.3. The van der Waals surface area contributed by atoms with Gasteiger partial charge in [0, 0.05) is 9.89 Å². The molecular formula is C13H17BrO2. The van der Waals surface area contributed by atoms with Gasteiger partial charge in [-0.15, -0.1) is 0 Å². The van der Waals surface area contributed by atoms with Crippen LogP contribution in [0.25, 0.3) is 0 Å². The van der Waals surface area contributed by atoms with Gasteiger partial charge in [0.15, 0.2) is 0 Å². The van der Waals surface area contributed by atoms with Gasteiger partial charge in [0.2, 0.25) is 0 Å². The molecule has 16 heavy (non-hydrogen) atoms. The number of hydrogen-bond acceptors (Lipinski definition) is 2. The smallest absolute Gasteiger partial charge is 0.135 e. The van der Waals surface area contributed by atoms with Gasteiger partial charge >= 0.3 is 0 Å². The van der Waals surface area contributed by atoms with Crippen molar-refractivity contribution in [2.75, 3.05) is 6.61 Å². The molecular weight excluding hydrogens is 268 g/mol. The van der Waals surface area contributed by atoms with E-state index in [-0.39, 0.29) is 11.2 Å². The zero-order chi connectivity index (χ0) is 12.2. The monoisotopic (exact) mass is 284 g/mol. The second kappa shape index (κ2) is 5.48. The molecule has 0 saturated carbocycles. The molecule has 0 heterocycles. The first-order valence-corrected chi connectivity index (χ1v) is 6.10. The third kappa shape index (κ3) is 3.97. The summed E-state index contributed by atoms with van der Waals surface area (Å²) in [5, 5.41) is 0. The van der Waals surface area contributed by atoms with Crippen LogP contribution in [0.3, 0.4) is 0 Å². The van der Waals surface area contributed by atoms with Crippen LogP contribution in [-0.4, -0.2) is 12.4 Å². The van der Waals surface area contributed by atoms with E-state index in [4.69, 9.17) is 4.74 Å². The Balaban J connectivity index is 2.41. The number of rotatable bonds is 5. The summed E-state index contributed by atoms with van der Waals surface area (Å²) in [6, 6.07) is 7.69. The molecule has 1 rings (SSSR count). The van der Waals surface area contributed by atoms with Gasteiger partial charge in [-0.2, -0.15) is 0 Å². The predicted molar refractivity (Wildman–Crippen MR) is 68.7 cm³/mol. The minimum absolute atomic E-state index is 0.201. The maximum absolute atomic E-state index is 11.3. The number of halogens is 1. The van der Waals surface area contributed by atoms with E-state index in [9.17, 15) is 4.79 Å². The van der Waals surface area contributed by atoms with Crippen LogP contribution in [0.4, 0.5) is 0 Å². The molecule has 88 valence electrons. The van der Waals surface area contributed by atoms with Crippen molar-refractivity contribution >= 4 is 21.7 Å².